The summed E-state index contributed by atoms with van der Waals surface area (Å²) in [6, 6.07) is 18.0. The molecule has 6 nitrogen and oxygen atoms in total. The molecular formula is C23H18N2O4. The van der Waals surface area contributed by atoms with Crippen LogP contribution in [-0.2, 0) is 4.74 Å². The highest BCUT2D eigenvalue weighted by atomic mass is 16.5. The van der Waals surface area contributed by atoms with Crippen LogP contribution in [0, 0.1) is 0 Å². The molecule has 144 valence electrons. The number of hydrogen-bond donors (Lipinski definition) is 1. The Labute approximate surface area is 166 Å². The molecule has 0 aliphatic heterocycles. The standard InChI is InChI=1S/C23H18N2O4/c1-2-28-23(27)17-14-18-21(26)16-10-6-7-11-20(16)29-22(18)25-19(17)12-13-24-15-8-4-3-5-9-15/h3-14,24H,2H2,1H3. The Morgan fingerprint density at radius 3 is 2.66 bits per heavy atom. The second-order valence-electron chi connectivity index (χ2n) is 6.27. The fourth-order valence-electron chi connectivity index (χ4n) is 2.99. The van der Waals surface area contributed by atoms with Gasteiger partial charge in [-0.25, -0.2) is 9.78 Å². The molecule has 2 aromatic carbocycles. The molecule has 0 atom stereocenters. The Morgan fingerprint density at radius 2 is 1.86 bits per heavy atom. The van der Waals surface area contributed by atoms with Crippen molar-refractivity contribution in [1.29, 1.82) is 0 Å². The van der Waals surface area contributed by atoms with Gasteiger partial charge in [0.05, 0.1) is 28.6 Å². The molecule has 0 saturated heterocycles. The summed E-state index contributed by atoms with van der Waals surface area (Å²) < 4.78 is 11.0. The lowest BCUT2D eigenvalue weighted by Crippen LogP contribution is -2.11. The maximum Gasteiger partial charge on any atom is 0.340 e. The summed E-state index contributed by atoms with van der Waals surface area (Å²) in [4.78, 5) is 29.7. The number of para-hydroxylation sites is 2. The number of aromatic nitrogens is 1. The highest BCUT2D eigenvalue weighted by molar-refractivity contribution is 5.98. The molecule has 0 spiro atoms. The van der Waals surface area contributed by atoms with Crippen LogP contribution in [0.25, 0.3) is 28.1 Å². The van der Waals surface area contributed by atoms with Crippen LogP contribution >= 0.6 is 0 Å². The van der Waals surface area contributed by atoms with Crippen LogP contribution in [-0.4, -0.2) is 17.6 Å². The topological polar surface area (TPSA) is 81.4 Å². The third-order valence-corrected chi connectivity index (χ3v) is 4.36. The van der Waals surface area contributed by atoms with E-state index < -0.39 is 5.97 Å². The van der Waals surface area contributed by atoms with Gasteiger partial charge in [0, 0.05) is 11.9 Å². The Morgan fingerprint density at radius 1 is 1.10 bits per heavy atom. The summed E-state index contributed by atoms with van der Waals surface area (Å²) >= 11 is 0. The first-order chi connectivity index (χ1) is 14.2. The second-order valence-corrected chi connectivity index (χ2v) is 6.27. The fraction of sp³-hybridized carbons (Fsp3) is 0.0870. The minimum atomic E-state index is -0.547. The zero-order valence-electron chi connectivity index (χ0n) is 15.7. The predicted molar refractivity (Wildman–Crippen MR) is 113 cm³/mol. The normalized spacial score (nSPS) is 11.2. The molecular weight excluding hydrogens is 368 g/mol. The lowest BCUT2D eigenvalue weighted by Gasteiger charge is -2.08. The van der Waals surface area contributed by atoms with Crippen molar-refractivity contribution >= 4 is 39.8 Å². The van der Waals surface area contributed by atoms with Crippen molar-refractivity contribution in [2.24, 2.45) is 0 Å². The molecule has 2 aromatic heterocycles. The molecule has 6 heteroatoms. The molecule has 2 heterocycles. The molecule has 0 aliphatic carbocycles. The summed E-state index contributed by atoms with van der Waals surface area (Å²) in [6.45, 7) is 1.94. The highest BCUT2D eigenvalue weighted by Crippen LogP contribution is 2.21. The van der Waals surface area contributed by atoms with Gasteiger partial charge >= 0.3 is 5.97 Å². The molecule has 4 aromatic rings. The number of pyridine rings is 1. The van der Waals surface area contributed by atoms with E-state index in [4.69, 9.17) is 9.15 Å². The van der Waals surface area contributed by atoms with Crippen LogP contribution in [0.2, 0.25) is 0 Å². The van der Waals surface area contributed by atoms with E-state index in [9.17, 15) is 9.59 Å². The number of anilines is 1. The minimum Gasteiger partial charge on any atom is -0.462 e. The van der Waals surface area contributed by atoms with Crippen molar-refractivity contribution in [3.8, 4) is 0 Å². The van der Waals surface area contributed by atoms with Gasteiger partial charge < -0.3 is 14.5 Å². The maximum absolute atomic E-state index is 12.8. The molecule has 4 rings (SSSR count). The van der Waals surface area contributed by atoms with Gasteiger partial charge in [-0.05, 0) is 43.3 Å². The number of nitrogens with zero attached hydrogens (tertiary/aromatic N) is 1. The van der Waals surface area contributed by atoms with E-state index in [0.29, 0.717) is 16.7 Å². The number of benzene rings is 2. The zero-order chi connectivity index (χ0) is 20.2. The van der Waals surface area contributed by atoms with E-state index in [1.54, 1.807) is 43.5 Å². The molecule has 0 amide bonds. The number of esters is 1. The first kappa shape index (κ1) is 18.4. The van der Waals surface area contributed by atoms with Crippen molar-refractivity contribution in [2.45, 2.75) is 6.92 Å². The van der Waals surface area contributed by atoms with Crippen molar-refractivity contribution in [3.05, 3.63) is 88.3 Å². The van der Waals surface area contributed by atoms with Crippen LogP contribution < -0.4 is 10.7 Å². The molecule has 0 saturated carbocycles. The van der Waals surface area contributed by atoms with Gasteiger partial charge in [0.2, 0.25) is 11.1 Å². The Bertz CT molecular complexity index is 1280. The average Bonchev–Trinajstić information content (AvgIpc) is 2.74. The summed E-state index contributed by atoms with van der Waals surface area (Å²) in [5.41, 5.74) is 1.81. The third-order valence-electron chi connectivity index (χ3n) is 4.36. The number of nitrogens with one attached hydrogen (secondary N) is 1. The third kappa shape index (κ3) is 3.73. The summed E-state index contributed by atoms with van der Waals surface area (Å²) in [5, 5.41) is 3.79. The van der Waals surface area contributed by atoms with Crippen molar-refractivity contribution < 1.29 is 13.9 Å². The van der Waals surface area contributed by atoms with Gasteiger partial charge in [-0.1, -0.05) is 30.3 Å². The number of fused-ring (bicyclic) bond motifs is 2. The lowest BCUT2D eigenvalue weighted by molar-refractivity contribution is 0.0526. The average molecular weight is 386 g/mol. The fourth-order valence-corrected chi connectivity index (χ4v) is 2.99. The largest absolute Gasteiger partial charge is 0.462 e. The molecule has 0 fully saturated rings. The second kappa shape index (κ2) is 7.98. The number of carbonyl (C=O) groups excluding carboxylic acids is 1. The quantitative estimate of drug-likeness (QED) is 0.399. The predicted octanol–water partition coefficient (Wildman–Crippen LogP) is 4.60. The van der Waals surface area contributed by atoms with E-state index in [1.165, 1.54) is 6.07 Å². The zero-order valence-corrected chi connectivity index (χ0v) is 15.7. The summed E-state index contributed by atoms with van der Waals surface area (Å²) in [7, 11) is 0. The summed E-state index contributed by atoms with van der Waals surface area (Å²) in [5.74, 6) is -0.547. The highest BCUT2D eigenvalue weighted by Gasteiger charge is 2.17. The van der Waals surface area contributed by atoms with E-state index in [2.05, 4.69) is 10.3 Å². The number of carbonyl (C=O) groups is 1. The first-order valence-electron chi connectivity index (χ1n) is 9.19. The number of ether oxygens (including phenoxy) is 1. The molecule has 0 bridgehead atoms. The molecule has 0 radical (unpaired) electrons. The molecule has 0 unspecified atom stereocenters. The molecule has 1 N–H and O–H groups in total. The Kier molecular flexibility index (Phi) is 5.07. The van der Waals surface area contributed by atoms with Gasteiger partial charge in [0.25, 0.3) is 0 Å². The van der Waals surface area contributed by atoms with Gasteiger partial charge in [0.1, 0.15) is 5.58 Å². The van der Waals surface area contributed by atoms with Crippen LogP contribution in [0.3, 0.4) is 0 Å². The molecule has 0 aliphatic rings. The number of hydrogen-bond acceptors (Lipinski definition) is 6. The SMILES string of the molecule is CCOC(=O)c1cc2c(=O)c3ccccc3oc2nc1C=CNc1ccccc1. The lowest BCUT2D eigenvalue weighted by atomic mass is 10.1. The smallest absolute Gasteiger partial charge is 0.340 e. The van der Waals surface area contributed by atoms with Crippen molar-refractivity contribution in [1.82, 2.24) is 4.98 Å². The summed E-state index contributed by atoms with van der Waals surface area (Å²) in [6.07, 6.45) is 3.32. The van der Waals surface area contributed by atoms with Gasteiger partial charge in [-0.3, -0.25) is 4.79 Å². The Balaban J connectivity index is 1.84. The van der Waals surface area contributed by atoms with Crippen LogP contribution in [0.4, 0.5) is 5.69 Å². The minimum absolute atomic E-state index is 0.168. The van der Waals surface area contributed by atoms with Gasteiger partial charge in [0.15, 0.2) is 0 Å². The van der Waals surface area contributed by atoms with Gasteiger partial charge in [-0.2, -0.15) is 0 Å². The van der Waals surface area contributed by atoms with Crippen LogP contribution in [0.1, 0.15) is 23.0 Å². The van der Waals surface area contributed by atoms with E-state index in [0.717, 1.165) is 5.69 Å². The maximum atomic E-state index is 12.8. The monoisotopic (exact) mass is 386 g/mol. The first-order valence-corrected chi connectivity index (χ1v) is 9.19. The van der Waals surface area contributed by atoms with E-state index >= 15 is 0 Å². The Hall–Kier alpha value is -3.93. The van der Waals surface area contributed by atoms with Gasteiger partial charge in [-0.15, -0.1) is 0 Å². The van der Waals surface area contributed by atoms with Crippen molar-refractivity contribution in [2.75, 3.05) is 11.9 Å². The van der Waals surface area contributed by atoms with Crippen LogP contribution in [0.15, 0.2) is 76.1 Å². The van der Waals surface area contributed by atoms with E-state index in [-0.39, 0.29) is 28.7 Å². The van der Waals surface area contributed by atoms with Crippen LogP contribution in [0.5, 0.6) is 0 Å². The number of rotatable bonds is 5. The van der Waals surface area contributed by atoms with Crippen molar-refractivity contribution in [3.63, 3.8) is 0 Å². The molecule has 29 heavy (non-hydrogen) atoms. The van der Waals surface area contributed by atoms with E-state index in [1.807, 2.05) is 30.3 Å².